The van der Waals surface area contributed by atoms with Gasteiger partial charge in [0, 0.05) is 6.04 Å². The highest BCUT2D eigenvalue weighted by Crippen LogP contribution is 2.37. The Morgan fingerprint density at radius 2 is 1.65 bits per heavy atom. The molecule has 0 radical (unpaired) electrons. The van der Waals surface area contributed by atoms with E-state index in [-0.39, 0.29) is 12.8 Å². The van der Waals surface area contributed by atoms with Gasteiger partial charge in [-0.25, -0.2) is 0 Å². The van der Waals surface area contributed by atoms with Crippen molar-refractivity contribution in [2.75, 3.05) is 13.1 Å². The second-order valence-electron chi connectivity index (χ2n) is 4.83. The fourth-order valence-electron chi connectivity index (χ4n) is 2.27. The Balaban J connectivity index is 2.43. The zero-order valence-electron chi connectivity index (χ0n) is 10.6. The molecule has 0 spiro atoms. The second-order valence-corrected chi connectivity index (χ2v) is 4.83. The van der Waals surface area contributed by atoms with E-state index < -0.39 is 43.3 Å². The molecule has 0 aliphatic heterocycles. The molecular formula is C11H16F6N2O. The monoisotopic (exact) mass is 306 g/mol. The van der Waals surface area contributed by atoms with Crippen molar-refractivity contribution in [3.63, 3.8) is 0 Å². The Morgan fingerprint density at radius 3 is 2.20 bits per heavy atom. The first-order valence-electron chi connectivity index (χ1n) is 6.23. The predicted octanol–water partition coefficient (Wildman–Crippen LogP) is 2.38. The fraction of sp³-hybridized carbons (Fsp3) is 0.909. The van der Waals surface area contributed by atoms with E-state index in [0.717, 1.165) is 0 Å². The molecular weight excluding hydrogens is 290 g/mol. The van der Waals surface area contributed by atoms with Crippen LogP contribution in [0.15, 0.2) is 0 Å². The lowest BCUT2D eigenvalue weighted by atomic mass is 9.84. The van der Waals surface area contributed by atoms with Crippen LogP contribution in [0.25, 0.3) is 0 Å². The molecule has 118 valence electrons. The molecule has 1 aliphatic carbocycles. The van der Waals surface area contributed by atoms with E-state index >= 15 is 0 Å². The van der Waals surface area contributed by atoms with Gasteiger partial charge >= 0.3 is 12.4 Å². The summed E-state index contributed by atoms with van der Waals surface area (Å²) in [5.74, 6) is -2.47. The topological polar surface area (TPSA) is 41.1 Å². The van der Waals surface area contributed by atoms with Crippen LogP contribution in [0.5, 0.6) is 0 Å². The van der Waals surface area contributed by atoms with Crippen LogP contribution in [-0.4, -0.2) is 37.4 Å². The molecule has 1 rings (SSSR count). The van der Waals surface area contributed by atoms with Gasteiger partial charge in [0.2, 0.25) is 5.91 Å². The average molecular weight is 306 g/mol. The van der Waals surface area contributed by atoms with Gasteiger partial charge in [0.05, 0.1) is 19.0 Å². The van der Waals surface area contributed by atoms with Crippen molar-refractivity contribution in [1.29, 1.82) is 0 Å². The van der Waals surface area contributed by atoms with Gasteiger partial charge in [-0.3, -0.25) is 4.79 Å². The van der Waals surface area contributed by atoms with Crippen LogP contribution in [0.1, 0.15) is 25.7 Å². The number of hydrogen-bond acceptors (Lipinski definition) is 2. The van der Waals surface area contributed by atoms with Crippen molar-refractivity contribution < 1.29 is 31.1 Å². The number of alkyl halides is 6. The molecule has 9 heteroatoms. The van der Waals surface area contributed by atoms with Crippen LogP contribution in [0, 0.1) is 5.92 Å². The molecule has 1 amide bonds. The van der Waals surface area contributed by atoms with E-state index in [0.29, 0.717) is 12.8 Å². The minimum atomic E-state index is -4.46. The van der Waals surface area contributed by atoms with E-state index in [9.17, 15) is 31.1 Å². The van der Waals surface area contributed by atoms with Gasteiger partial charge in [0.1, 0.15) is 0 Å². The highest BCUT2D eigenvalue weighted by molar-refractivity contribution is 5.78. The third-order valence-corrected chi connectivity index (χ3v) is 3.14. The Kier molecular flexibility index (Phi) is 5.67. The van der Waals surface area contributed by atoms with Crippen molar-refractivity contribution >= 4 is 5.91 Å². The molecule has 0 heterocycles. The number of carbonyl (C=O) groups excluding carboxylic acids is 1. The van der Waals surface area contributed by atoms with Gasteiger partial charge in [-0.15, -0.1) is 0 Å². The van der Waals surface area contributed by atoms with Gasteiger partial charge in [0.15, 0.2) is 0 Å². The molecule has 2 atom stereocenters. The lowest BCUT2D eigenvalue weighted by Crippen LogP contribution is -2.50. The maximum Gasteiger partial charge on any atom is 0.401 e. The van der Waals surface area contributed by atoms with Crippen LogP contribution in [0.4, 0.5) is 26.3 Å². The van der Waals surface area contributed by atoms with Crippen LogP contribution in [0.3, 0.4) is 0 Å². The van der Waals surface area contributed by atoms with Crippen molar-refractivity contribution in [2.45, 2.75) is 44.1 Å². The first-order chi connectivity index (χ1) is 9.09. The van der Waals surface area contributed by atoms with E-state index in [1.807, 2.05) is 5.32 Å². The normalized spacial score (nSPS) is 24.5. The maximum atomic E-state index is 12.7. The number of carbonyl (C=O) groups is 1. The molecule has 3 nitrogen and oxygen atoms in total. The maximum absolute atomic E-state index is 12.7. The molecule has 1 fully saturated rings. The number of amides is 1. The first kappa shape index (κ1) is 17.1. The average Bonchev–Trinajstić information content (AvgIpc) is 2.26. The second kappa shape index (κ2) is 6.64. The summed E-state index contributed by atoms with van der Waals surface area (Å²) in [5.41, 5.74) is 0. The molecule has 0 aromatic rings. The lowest BCUT2D eigenvalue weighted by Gasteiger charge is -2.33. The molecule has 0 saturated heterocycles. The zero-order chi connectivity index (χ0) is 15.4. The molecule has 0 bridgehead atoms. The van der Waals surface area contributed by atoms with Crippen LogP contribution < -0.4 is 10.6 Å². The number of rotatable bonds is 4. The molecule has 2 N–H and O–H groups in total. The summed E-state index contributed by atoms with van der Waals surface area (Å²) < 4.78 is 73.7. The van der Waals surface area contributed by atoms with Crippen molar-refractivity contribution in [3.05, 3.63) is 0 Å². The molecule has 1 saturated carbocycles. The lowest BCUT2D eigenvalue weighted by molar-refractivity contribution is -0.189. The number of halogens is 6. The summed E-state index contributed by atoms with van der Waals surface area (Å²) in [6, 6.07) is -1.05. The fourth-order valence-corrected chi connectivity index (χ4v) is 2.27. The van der Waals surface area contributed by atoms with Gasteiger partial charge in [0.25, 0.3) is 0 Å². The molecule has 20 heavy (non-hydrogen) atoms. The minimum absolute atomic E-state index is 0.0651. The molecule has 2 unspecified atom stereocenters. The Morgan fingerprint density at radius 1 is 1.05 bits per heavy atom. The third kappa shape index (κ3) is 5.98. The summed E-state index contributed by atoms with van der Waals surface area (Å²) >= 11 is 0. The van der Waals surface area contributed by atoms with Gasteiger partial charge in [-0.2, -0.15) is 26.3 Å². The van der Waals surface area contributed by atoms with E-state index in [1.165, 1.54) is 0 Å². The largest absolute Gasteiger partial charge is 0.401 e. The van der Waals surface area contributed by atoms with Crippen LogP contribution in [0.2, 0.25) is 0 Å². The third-order valence-electron chi connectivity index (χ3n) is 3.14. The number of hydrogen-bond donors (Lipinski definition) is 2. The highest BCUT2D eigenvalue weighted by Gasteiger charge is 2.45. The van der Waals surface area contributed by atoms with Gasteiger partial charge in [-0.1, -0.05) is 12.8 Å². The van der Waals surface area contributed by atoms with Crippen LogP contribution >= 0.6 is 0 Å². The summed E-state index contributed by atoms with van der Waals surface area (Å²) in [6.45, 7) is -2.01. The van der Waals surface area contributed by atoms with Crippen LogP contribution in [-0.2, 0) is 4.79 Å². The van der Waals surface area contributed by atoms with Gasteiger partial charge in [-0.05, 0) is 12.8 Å². The van der Waals surface area contributed by atoms with E-state index in [4.69, 9.17) is 0 Å². The van der Waals surface area contributed by atoms with Gasteiger partial charge < -0.3 is 10.6 Å². The first-order valence-corrected chi connectivity index (χ1v) is 6.23. The Labute approximate surface area is 112 Å². The zero-order valence-corrected chi connectivity index (χ0v) is 10.6. The van der Waals surface area contributed by atoms with E-state index in [1.54, 1.807) is 0 Å². The molecule has 0 aromatic carbocycles. The van der Waals surface area contributed by atoms with Crippen molar-refractivity contribution in [1.82, 2.24) is 10.6 Å². The number of nitrogens with one attached hydrogen (secondary N) is 2. The standard InChI is InChI=1S/C11H16F6N2O/c12-10(13,14)6-18-5-9(20)19-8-4-2-1-3-7(8)11(15,16)17/h7-8,18H,1-6H2,(H,19,20). The quantitative estimate of drug-likeness (QED) is 0.783. The Hall–Kier alpha value is -0.990. The smallest absolute Gasteiger partial charge is 0.352 e. The summed E-state index contributed by atoms with van der Waals surface area (Å²) in [5, 5.41) is 4.02. The SMILES string of the molecule is O=C(CNCC(F)(F)F)NC1CCCCC1C(F)(F)F. The summed E-state index contributed by atoms with van der Waals surface area (Å²) in [7, 11) is 0. The van der Waals surface area contributed by atoms with Crippen molar-refractivity contribution in [2.24, 2.45) is 5.92 Å². The summed E-state index contributed by atoms with van der Waals surface area (Å²) in [6.07, 6.45) is -7.74. The highest BCUT2D eigenvalue weighted by atomic mass is 19.4. The van der Waals surface area contributed by atoms with E-state index in [2.05, 4.69) is 5.32 Å². The predicted molar refractivity (Wildman–Crippen MR) is 58.9 cm³/mol. The Bertz CT molecular complexity index is 328. The van der Waals surface area contributed by atoms with Crippen molar-refractivity contribution in [3.8, 4) is 0 Å². The minimum Gasteiger partial charge on any atom is -0.352 e. The summed E-state index contributed by atoms with van der Waals surface area (Å²) in [4.78, 5) is 11.4. The molecule has 0 aromatic heterocycles. The molecule has 1 aliphatic rings.